The highest BCUT2D eigenvalue weighted by Gasteiger charge is 2.05. The van der Waals surface area contributed by atoms with Gasteiger partial charge in [-0.25, -0.2) is 0 Å². The molecule has 15 heavy (non-hydrogen) atoms. The molecule has 78 valence electrons. The molecule has 2 heteroatoms. The molecule has 0 spiro atoms. The molecule has 0 aliphatic rings. The lowest BCUT2D eigenvalue weighted by Crippen LogP contribution is -2.04. The topological polar surface area (TPSA) is 20.3 Å². The zero-order valence-electron chi connectivity index (χ0n) is 9.59. The van der Waals surface area contributed by atoms with E-state index < -0.39 is 0 Å². The Labute approximate surface area is 90.9 Å². The predicted molar refractivity (Wildman–Crippen MR) is 61.7 cm³/mol. The number of Topliss-reactive ketones (excluding diaryl/α,β-unsaturated/α-hetero) is 1. The number of hydrogen-bond acceptors (Lipinski definition) is 2. The average Bonchev–Trinajstić information content (AvgIpc) is 2.14. The zero-order valence-corrected chi connectivity index (χ0v) is 9.59. The van der Waals surface area contributed by atoms with Gasteiger partial charge in [-0.1, -0.05) is 17.7 Å². The number of hydrogen-bond donors (Lipinski definition) is 0. The first-order valence-corrected chi connectivity index (χ1v) is 4.81. The standard InChI is InChI=1S/C13H15NO/c1-10-5-6-12(11(2)9-10)13(15)7-8-14(3)4/h5-6,9H,1-4H3. The Kier molecular flexibility index (Phi) is 3.51. The van der Waals surface area contributed by atoms with Crippen LogP contribution in [0, 0.1) is 25.8 Å². The minimum absolute atomic E-state index is 0.124. The highest BCUT2D eigenvalue weighted by atomic mass is 16.1. The molecule has 0 bridgehead atoms. The van der Waals surface area contributed by atoms with E-state index in [2.05, 4.69) is 12.0 Å². The van der Waals surface area contributed by atoms with Crippen LogP contribution in [0.25, 0.3) is 0 Å². The highest BCUT2D eigenvalue weighted by molar-refractivity contribution is 6.09. The summed E-state index contributed by atoms with van der Waals surface area (Å²) < 4.78 is 0. The van der Waals surface area contributed by atoms with Crippen LogP contribution in [0.15, 0.2) is 18.2 Å². The molecular formula is C13H15NO. The van der Waals surface area contributed by atoms with Crippen molar-refractivity contribution in [2.24, 2.45) is 0 Å². The van der Waals surface area contributed by atoms with Crippen LogP contribution in [0.2, 0.25) is 0 Å². The first kappa shape index (κ1) is 11.3. The zero-order chi connectivity index (χ0) is 11.4. The van der Waals surface area contributed by atoms with Crippen molar-refractivity contribution in [2.45, 2.75) is 13.8 Å². The first-order chi connectivity index (χ1) is 7.00. The average molecular weight is 201 g/mol. The summed E-state index contributed by atoms with van der Waals surface area (Å²) in [6, 6.07) is 8.47. The van der Waals surface area contributed by atoms with E-state index in [4.69, 9.17) is 0 Å². The van der Waals surface area contributed by atoms with Gasteiger partial charge in [0.25, 0.3) is 0 Å². The van der Waals surface area contributed by atoms with Crippen molar-refractivity contribution in [1.82, 2.24) is 4.90 Å². The van der Waals surface area contributed by atoms with Crippen LogP contribution in [0.1, 0.15) is 21.5 Å². The summed E-state index contributed by atoms with van der Waals surface area (Å²) in [5, 5.41) is 0. The summed E-state index contributed by atoms with van der Waals surface area (Å²) in [7, 11) is 3.62. The number of benzene rings is 1. The lowest BCUT2D eigenvalue weighted by molar-refractivity contribution is 0.105. The van der Waals surface area contributed by atoms with E-state index in [0.29, 0.717) is 5.56 Å². The van der Waals surface area contributed by atoms with E-state index in [-0.39, 0.29) is 5.78 Å². The molecule has 0 aliphatic heterocycles. The highest BCUT2D eigenvalue weighted by Crippen LogP contribution is 2.10. The molecule has 0 amide bonds. The van der Waals surface area contributed by atoms with Crippen molar-refractivity contribution in [2.75, 3.05) is 14.1 Å². The third kappa shape index (κ3) is 3.14. The molecule has 0 saturated carbocycles. The molecule has 0 saturated heterocycles. The summed E-state index contributed by atoms with van der Waals surface area (Å²) >= 11 is 0. The smallest absolute Gasteiger partial charge is 0.237 e. The lowest BCUT2D eigenvalue weighted by Gasteiger charge is -2.02. The first-order valence-electron chi connectivity index (χ1n) is 4.81. The molecule has 0 unspecified atom stereocenters. The van der Waals surface area contributed by atoms with E-state index in [1.165, 1.54) is 0 Å². The molecule has 0 heterocycles. The summed E-state index contributed by atoms with van der Waals surface area (Å²) in [4.78, 5) is 13.3. The van der Waals surface area contributed by atoms with Gasteiger partial charge in [-0.05, 0) is 31.4 Å². The normalized spacial score (nSPS) is 9.07. The second kappa shape index (κ2) is 4.65. The maximum absolute atomic E-state index is 11.7. The van der Waals surface area contributed by atoms with Gasteiger partial charge < -0.3 is 4.90 Å². The van der Waals surface area contributed by atoms with Crippen LogP contribution < -0.4 is 0 Å². The molecular weight excluding hydrogens is 186 g/mol. The molecule has 0 fully saturated rings. The Morgan fingerprint density at radius 1 is 1.27 bits per heavy atom. The SMILES string of the molecule is Cc1ccc(C(=O)C#CN(C)C)c(C)c1. The van der Waals surface area contributed by atoms with Crippen LogP contribution in [0.5, 0.6) is 0 Å². The van der Waals surface area contributed by atoms with E-state index >= 15 is 0 Å². The Hall–Kier alpha value is -1.75. The number of nitrogens with zero attached hydrogens (tertiary/aromatic N) is 1. The van der Waals surface area contributed by atoms with Gasteiger partial charge in [0.15, 0.2) is 0 Å². The van der Waals surface area contributed by atoms with Crippen LogP contribution in [0.3, 0.4) is 0 Å². The van der Waals surface area contributed by atoms with E-state index in [9.17, 15) is 4.79 Å². The Morgan fingerprint density at radius 3 is 2.47 bits per heavy atom. The fourth-order valence-corrected chi connectivity index (χ4v) is 1.30. The number of aryl methyl sites for hydroxylation is 2. The van der Waals surface area contributed by atoms with Crippen molar-refractivity contribution in [1.29, 1.82) is 0 Å². The van der Waals surface area contributed by atoms with Crippen LogP contribution >= 0.6 is 0 Å². The Bertz CT molecular complexity index is 436. The van der Waals surface area contributed by atoms with Gasteiger partial charge in [-0.3, -0.25) is 4.79 Å². The number of ketones is 1. The van der Waals surface area contributed by atoms with Gasteiger partial charge >= 0.3 is 0 Å². The van der Waals surface area contributed by atoms with Crippen molar-refractivity contribution in [3.8, 4) is 12.0 Å². The second-order valence-electron chi connectivity index (χ2n) is 3.78. The van der Waals surface area contributed by atoms with Crippen molar-refractivity contribution < 1.29 is 4.79 Å². The van der Waals surface area contributed by atoms with Gasteiger partial charge in [0.2, 0.25) is 5.78 Å². The molecule has 1 aromatic carbocycles. The van der Waals surface area contributed by atoms with Gasteiger partial charge in [-0.2, -0.15) is 0 Å². The molecule has 0 atom stereocenters. The van der Waals surface area contributed by atoms with Gasteiger partial charge in [0.1, 0.15) is 0 Å². The lowest BCUT2D eigenvalue weighted by atomic mass is 10.0. The Balaban J connectivity index is 2.99. The fraction of sp³-hybridized carbons (Fsp3) is 0.308. The van der Waals surface area contributed by atoms with Crippen LogP contribution in [-0.4, -0.2) is 24.8 Å². The van der Waals surface area contributed by atoms with E-state index in [1.807, 2.05) is 46.1 Å². The van der Waals surface area contributed by atoms with Crippen molar-refractivity contribution in [3.63, 3.8) is 0 Å². The minimum Gasteiger partial charge on any atom is -0.338 e. The van der Waals surface area contributed by atoms with Crippen molar-refractivity contribution >= 4 is 5.78 Å². The Morgan fingerprint density at radius 2 is 1.93 bits per heavy atom. The monoisotopic (exact) mass is 201 g/mol. The second-order valence-corrected chi connectivity index (χ2v) is 3.78. The van der Waals surface area contributed by atoms with Crippen LogP contribution in [-0.2, 0) is 0 Å². The van der Waals surface area contributed by atoms with E-state index in [0.717, 1.165) is 11.1 Å². The fourth-order valence-electron chi connectivity index (χ4n) is 1.30. The quantitative estimate of drug-likeness (QED) is 0.393. The molecule has 2 nitrogen and oxygen atoms in total. The van der Waals surface area contributed by atoms with Crippen molar-refractivity contribution in [3.05, 3.63) is 34.9 Å². The summed E-state index contributed by atoms with van der Waals surface area (Å²) in [5.41, 5.74) is 2.83. The summed E-state index contributed by atoms with van der Waals surface area (Å²) in [5.74, 6) is 2.47. The van der Waals surface area contributed by atoms with Gasteiger partial charge in [0, 0.05) is 25.7 Å². The predicted octanol–water partition coefficient (Wildman–Crippen LogP) is 2.01. The molecule has 0 aromatic heterocycles. The molecule has 0 aliphatic carbocycles. The molecule has 1 rings (SSSR count). The van der Waals surface area contributed by atoms with Gasteiger partial charge in [0.05, 0.1) is 0 Å². The third-order valence-corrected chi connectivity index (χ3v) is 2.02. The summed E-state index contributed by atoms with van der Waals surface area (Å²) in [6.07, 6.45) is 0. The molecule has 0 N–H and O–H groups in total. The largest absolute Gasteiger partial charge is 0.338 e. The third-order valence-electron chi connectivity index (χ3n) is 2.02. The maximum atomic E-state index is 11.7. The van der Waals surface area contributed by atoms with Crippen LogP contribution in [0.4, 0.5) is 0 Å². The summed E-state index contributed by atoms with van der Waals surface area (Å²) in [6.45, 7) is 3.93. The van der Waals surface area contributed by atoms with E-state index in [1.54, 1.807) is 4.90 Å². The maximum Gasteiger partial charge on any atom is 0.237 e. The number of carbonyl (C=O) groups is 1. The number of carbonyl (C=O) groups excluding carboxylic acids is 1. The van der Waals surface area contributed by atoms with Gasteiger partial charge in [-0.15, -0.1) is 0 Å². The molecule has 1 aromatic rings. The minimum atomic E-state index is -0.124. The molecule has 0 radical (unpaired) electrons. The number of rotatable bonds is 1.